The minimum absolute atomic E-state index is 0.0590. The van der Waals surface area contributed by atoms with Gasteiger partial charge in [-0.15, -0.1) is 10.2 Å². The van der Waals surface area contributed by atoms with Crippen LogP contribution in [0.15, 0.2) is 42.5 Å². The summed E-state index contributed by atoms with van der Waals surface area (Å²) in [4.78, 5) is 12.2. The highest BCUT2D eigenvalue weighted by Crippen LogP contribution is 2.44. The van der Waals surface area contributed by atoms with Crippen molar-refractivity contribution in [1.29, 1.82) is 0 Å². The first kappa shape index (κ1) is 22.1. The number of ether oxygens (including phenoxy) is 2. The van der Waals surface area contributed by atoms with Gasteiger partial charge in [-0.05, 0) is 42.8 Å². The molecular weight excluding hydrogens is 451 g/mol. The van der Waals surface area contributed by atoms with E-state index in [1.165, 1.54) is 30.3 Å². The second kappa shape index (κ2) is 8.44. The van der Waals surface area contributed by atoms with E-state index in [9.17, 15) is 23.1 Å². The average Bonchev–Trinajstić information content (AvgIpc) is 3.12. The minimum Gasteiger partial charge on any atom is -0.508 e. The van der Waals surface area contributed by atoms with Gasteiger partial charge in [-0.3, -0.25) is 9.36 Å². The third-order valence-corrected chi connectivity index (χ3v) is 5.11. The molecule has 3 aromatic rings. The normalized spacial score (nSPS) is 17.9. The molecule has 0 radical (unpaired) electrons. The third-order valence-electron chi connectivity index (χ3n) is 4.87. The molecule has 11 heteroatoms. The zero-order valence-corrected chi connectivity index (χ0v) is 17.4. The van der Waals surface area contributed by atoms with E-state index in [0.717, 1.165) is 4.57 Å². The largest absolute Gasteiger partial charge is 0.508 e. The van der Waals surface area contributed by atoms with Crippen LogP contribution in [0.2, 0.25) is 5.02 Å². The van der Waals surface area contributed by atoms with Crippen molar-refractivity contribution in [2.45, 2.75) is 31.7 Å². The maximum absolute atomic E-state index is 13.8. The Balaban J connectivity index is 1.96. The van der Waals surface area contributed by atoms with Gasteiger partial charge in [0, 0.05) is 10.6 Å². The molecule has 32 heavy (non-hydrogen) atoms. The van der Waals surface area contributed by atoms with E-state index in [2.05, 4.69) is 10.2 Å². The summed E-state index contributed by atoms with van der Waals surface area (Å²) < 4.78 is 53.3. The number of hydrogen-bond donors (Lipinski definition) is 1. The van der Waals surface area contributed by atoms with Gasteiger partial charge in [0.25, 0.3) is 0 Å². The average molecular weight is 468 g/mol. The quantitative estimate of drug-likeness (QED) is 0.557. The van der Waals surface area contributed by atoms with Crippen molar-refractivity contribution >= 4 is 17.6 Å². The SMILES string of the molecule is CCOC(=O)C[C@@H]1O[C@@H](c2cccc(O)c2)c2cc(Cl)ccc2-n2c1nnc2C(F)(F)F. The number of rotatable bonds is 4. The molecule has 0 saturated heterocycles. The fourth-order valence-corrected chi connectivity index (χ4v) is 3.80. The van der Waals surface area contributed by atoms with Gasteiger partial charge in [0.05, 0.1) is 18.7 Å². The van der Waals surface area contributed by atoms with Gasteiger partial charge < -0.3 is 14.6 Å². The van der Waals surface area contributed by atoms with Crippen LogP contribution in [0.1, 0.15) is 48.3 Å². The van der Waals surface area contributed by atoms with Crippen molar-refractivity contribution in [3.63, 3.8) is 0 Å². The lowest BCUT2D eigenvalue weighted by Crippen LogP contribution is -2.18. The number of nitrogens with zero attached hydrogens (tertiary/aromatic N) is 3. The lowest BCUT2D eigenvalue weighted by Gasteiger charge is -2.22. The number of alkyl halides is 3. The summed E-state index contributed by atoms with van der Waals surface area (Å²) in [7, 11) is 0. The molecule has 0 aliphatic carbocycles. The molecule has 1 aromatic heterocycles. The standard InChI is InChI=1S/C21H17ClF3N3O4/c1-2-31-17(30)10-16-19-26-27-20(21(23,24)25)28(19)15-7-6-12(22)9-14(15)18(32-16)11-4-3-5-13(29)8-11/h3-9,16,18,29H,2,10H2,1H3/t16-,18-/m0/s1. The van der Waals surface area contributed by atoms with E-state index < -0.39 is 30.2 Å². The Morgan fingerprint density at radius 2 is 2.03 bits per heavy atom. The summed E-state index contributed by atoms with van der Waals surface area (Å²) in [6.45, 7) is 1.71. The number of halogens is 4. The van der Waals surface area contributed by atoms with Crippen LogP contribution in [-0.2, 0) is 20.4 Å². The number of carbonyl (C=O) groups is 1. The number of hydrogen-bond acceptors (Lipinski definition) is 6. The first-order chi connectivity index (χ1) is 15.2. The number of phenolic OH excluding ortho intramolecular Hbond substituents is 1. The van der Waals surface area contributed by atoms with E-state index in [0.29, 0.717) is 11.1 Å². The molecule has 168 valence electrons. The molecular formula is C21H17ClF3N3O4. The first-order valence-corrected chi connectivity index (χ1v) is 9.99. The lowest BCUT2D eigenvalue weighted by atomic mass is 9.99. The number of benzene rings is 2. The number of aromatic hydroxyl groups is 1. The van der Waals surface area contributed by atoms with Gasteiger partial charge in [-0.25, -0.2) is 0 Å². The van der Waals surface area contributed by atoms with Gasteiger partial charge in [0.15, 0.2) is 5.82 Å². The van der Waals surface area contributed by atoms with Crippen LogP contribution >= 0.6 is 11.6 Å². The van der Waals surface area contributed by atoms with E-state index in [1.807, 2.05) is 0 Å². The van der Waals surface area contributed by atoms with Gasteiger partial charge in [-0.2, -0.15) is 13.2 Å². The third kappa shape index (κ3) is 4.15. The van der Waals surface area contributed by atoms with Crippen molar-refractivity contribution in [2.24, 2.45) is 0 Å². The Kier molecular flexibility index (Phi) is 5.83. The lowest BCUT2D eigenvalue weighted by molar-refractivity contribution is -0.147. The first-order valence-electron chi connectivity index (χ1n) is 9.61. The second-order valence-electron chi connectivity index (χ2n) is 7.03. The molecule has 2 heterocycles. The molecule has 1 N–H and O–H groups in total. The molecule has 0 spiro atoms. The number of fused-ring (bicyclic) bond motifs is 3. The molecule has 1 aliphatic rings. The van der Waals surface area contributed by atoms with Crippen LogP contribution in [0.3, 0.4) is 0 Å². The molecule has 2 atom stereocenters. The number of aromatic nitrogens is 3. The second-order valence-corrected chi connectivity index (χ2v) is 7.46. The zero-order chi connectivity index (χ0) is 23.0. The maximum atomic E-state index is 13.8. The van der Waals surface area contributed by atoms with Crippen LogP contribution in [-0.4, -0.2) is 32.4 Å². The van der Waals surface area contributed by atoms with Crippen molar-refractivity contribution in [1.82, 2.24) is 14.8 Å². The summed E-state index contributed by atoms with van der Waals surface area (Å²) in [6, 6.07) is 10.4. The van der Waals surface area contributed by atoms with E-state index in [1.54, 1.807) is 19.1 Å². The minimum atomic E-state index is -4.82. The number of carbonyl (C=O) groups excluding carboxylic acids is 1. The fraction of sp³-hybridized carbons (Fsp3) is 0.286. The summed E-state index contributed by atoms with van der Waals surface area (Å²) in [6.07, 6.45) is -7.38. The van der Waals surface area contributed by atoms with Crippen LogP contribution in [0, 0.1) is 0 Å². The summed E-state index contributed by atoms with van der Waals surface area (Å²) in [5.74, 6) is -2.18. The molecule has 4 rings (SSSR count). The van der Waals surface area contributed by atoms with E-state index in [4.69, 9.17) is 21.1 Å². The van der Waals surface area contributed by atoms with Crippen LogP contribution in [0.5, 0.6) is 5.75 Å². The predicted octanol–water partition coefficient (Wildman–Crippen LogP) is 4.76. The van der Waals surface area contributed by atoms with E-state index in [-0.39, 0.29) is 35.3 Å². The molecule has 0 saturated carbocycles. The Labute approximate surface area is 185 Å². The Morgan fingerprint density at radius 3 is 2.72 bits per heavy atom. The van der Waals surface area contributed by atoms with Gasteiger partial charge in [0.1, 0.15) is 18.0 Å². The predicted molar refractivity (Wildman–Crippen MR) is 106 cm³/mol. The highest BCUT2D eigenvalue weighted by Gasteiger charge is 2.43. The topological polar surface area (TPSA) is 86.5 Å². The highest BCUT2D eigenvalue weighted by atomic mass is 35.5. The fourth-order valence-electron chi connectivity index (χ4n) is 3.62. The van der Waals surface area contributed by atoms with Gasteiger partial charge >= 0.3 is 12.1 Å². The van der Waals surface area contributed by atoms with Crippen molar-refractivity contribution < 1.29 is 32.5 Å². The van der Waals surface area contributed by atoms with Crippen LogP contribution in [0.4, 0.5) is 13.2 Å². The highest BCUT2D eigenvalue weighted by molar-refractivity contribution is 6.30. The Hall–Kier alpha value is -3.11. The maximum Gasteiger partial charge on any atom is 0.452 e. The molecule has 7 nitrogen and oxygen atoms in total. The number of esters is 1. The van der Waals surface area contributed by atoms with Crippen LogP contribution in [0.25, 0.3) is 5.69 Å². The van der Waals surface area contributed by atoms with Crippen molar-refractivity contribution in [3.05, 3.63) is 70.3 Å². The molecule has 0 amide bonds. The summed E-state index contributed by atoms with van der Waals surface area (Å²) in [5, 5.41) is 17.3. The smallest absolute Gasteiger partial charge is 0.452 e. The molecule has 1 aliphatic heterocycles. The van der Waals surface area contributed by atoms with Crippen molar-refractivity contribution in [3.8, 4) is 11.4 Å². The zero-order valence-electron chi connectivity index (χ0n) is 16.6. The Morgan fingerprint density at radius 1 is 1.25 bits per heavy atom. The summed E-state index contributed by atoms with van der Waals surface area (Å²) >= 11 is 6.16. The molecule has 2 aromatic carbocycles. The molecule has 0 bridgehead atoms. The monoisotopic (exact) mass is 467 g/mol. The van der Waals surface area contributed by atoms with Gasteiger partial charge in [-0.1, -0.05) is 23.7 Å². The van der Waals surface area contributed by atoms with Crippen molar-refractivity contribution in [2.75, 3.05) is 6.61 Å². The van der Waals surface area contributed by atoms with Crippen LogP contribution < -0.4 is 0 Å². The van der Waals surface area contributed by atoms with E-state index >= 15 is 0 Å². The Bertz CT molecular complexity index is 1170. The summed E-state index contributed by atoms with van der Waals surface area (Å²) in [5.41, 5.74) is 0.845. The molecule has 0 fully saturated rings. The van der Waals surface area contributed by atoms with Gasteiger partial charge in [0.2, 0.25) is 5.82 Å². The molecule has 0 unspecified atom stereocenters. The number of phenols is 1.